The fraction of sp³-hybridized carbons (Fsp3) is 0.579. The summed E-state index contributed by atoms with van der Waals surface area (Å²) in [4.78, 5) is 26.0. The molecule has 1 N–H and O–H groups in total. The quantitative estimate of drug-likeness (QED) is 0.924. The summed E-state index contributed by atoms with van der Waals surface area (Å²) in [5, 5.41) is 3.03. The molecule has 3 fully saturated rings. The van der Waals surface area contributed by atoms with Crippen molar-refractivity contribution in [1.82, 2.24) is 0 Å². The summed E-state index contributed by atoms with van der Waals surface area (Å²) in [7, 11) is 0. The van der Waals surface area contributed by atoms with Crippen LogP contribution in [0.25, 0.3) is 0 Å². The van der Waals surface area contributed by atoms with Gasteiger partial charge >= 0.3 is 0 Å². The second kappa shape index (κ2) is 5.99. The van der Waals surface area contributed by atoms with Gasteiger partial charge in [0, 0.05) is 30.8 Å². The van der Waals surface area contributed by atoms with E-state index in [2.05, 4.69) is 5.32 Å². The van der Waals surface area contributed by atoms with E-state index in [1.54, 1.807) is 0 Å². The minimum atomic E-state index is 0.118. The SMILES string of the molecule is O=C(C[C@H]1C[C@@H]2CC[C@@H]1C2)Nc1cccc(N2CCCC2=O)c1. The Balaban J connectivity index is 1.38. The molecule has 4 nitrogen and oxygen atoms in total. The number of anilines is 2. The fourth-order valence-corrected chi connectivity index (χ4v) is 4.75. The topological polar surface area (TPSA) is 49.4 Å². The first-order valence-electron chi connectivity index (χ1n) is 8.89. The zero-order valence-corrected chi connectivity index (χ0v) is 13.5. The highest BCUT2D eigenvalue weighted by atomic mass is 16.2. The third-order valence-corrected chi connectivity index (χ3v) is 5.85. The number of rotatable bonds is 4. The lowest BCUT2D eigenvalue weighted by Crippen LogP contribution is -2.24. The first-order chi connectivity index (χ1) is 11.2. The average molecular weight is 312 g/mol. The summed E-state index contributed by atoms with van der Waals surface area (Å²) in [6.07, 6.45) is 7.45. The van der Waals surface area contributed by atoms with Crippen molar-refractivity contribution in [3.63, 3.8) is 0 Å². The van der Waals surface area contributed by atoms with E-state index in [0.717, 1.165) is 36.2 Å². The van der Waals surface area contributed by atoms with E-state index in [4.69, 9.17) is 0 Å². The summed E-state index contributed by atoms with van der Waals surface area (Å²) in [5.74, 6) is 2.53. The third-order valence-electron chi connectivity index (χ3n) is 5.85. The van der Waals surface area contributed by atoms with Crippen molar-refractivity contribution >= 4 is 23.2 Å². The normalized spacial score (nSPS) is 29.3. The third kappa shape index (κ3) is 2.99. The molecule has 1 aromatic carbocycles. The van der Waals surface area contributed by atoms with Crippen LogP contribution >= 0.6 is 0 Å². The maximum atomic E-state index is 12.4. The van der Waals surface area contributed by atoms with Gasteiger partial charge in [0.2, 0.25) is 11.8 Å². The van der Waals surface area contributed by atoms with E-state index in [1.165, 1.54) is 25.7 Å². The van der Waals surface area contributed by atoms with Gasteiger partial charge in [0.25, 0.3) is 0 Å². The van der Waals surface area contributed by atoms with Crippen molar-refractivity contribution in [1.29, 1.82) is 0 Å². The molecule has 0 aromatic heterocycles. The highest BCUT2D eigenvalue weighted by Crippen LogP contribution is 2.49. The monoisotopic (exact) mass is 312 g/mol. The summed E-state index contributed by atoms with van der Waals surface area (Å²) < 4.78 is 0. The van der Waals surface area contributed by atoms with Crippen molar-refractivity contribution in [3.05, 3.63) is 24.3 Å². The smallest absolute Gasteiger partial charge is 0.227 e. The Labute approximate surface area is 137 Å². The zero-order chi connectivity index (χ0) is 15.8. The molecule has 2 aliphatic carbocycles. The molecule has 23 heavy (non-hydrogen) atoms. The van der Waals surface area contributed by atoms with E-state index < -0.39 is 0 Å². The van der Waals surface area contributed by atoms with Gasteiger partial charge in [0.15, 0.2) is 0 Å². The molecular formula is C19H24N2O2. The molecule has 1 heterocycles. The van der Waals surface area contributed by atoms with Crippen LogP contribution in [0.3, 0.4) is 0 Å². The molecule has 1 saturated heterocycles. The van der Waals surface area contributed by atoms with Crippen molar-refractivity contribution in [2.75, 3.05) is 16.8 Å². The van der Waals surface area contributed by atoms with E-state index in [-0.39, 0.29) is 11.8 Å². The maximum Gasteiger partial charge on any atom is 0.227 e. The molecule has 1 aromatic rings. The first kappa shape index (κ1) is 14.7. The molecule has 2 bridgehead atoms. The standard InChI is InChI=1S/C19H24N2O2/c22-18(11-15-10-13-6-7-14(15)9-13)20-16-3-1-4-17(12-16)21-8-2-5-19(21)23/h1,3-4,12-15H,2,5-11H2,(H,20,22)/t13-,14-,15-/m1/s1. The molecule has 0 spiro atoms. The van der Waals surface area contributed by atoms with E-state index in [9.17, 15) is 9.59 Å². The Morgan fingerprint density at radius 3 is 2.87 bits per heavy atom. The number of hydrogen-bond acceptors (Lipinski definition) is 2. The molecular weight excluding hydrogens is 288 g/mol. The molecule has 3 aliphatic rings. The van der Waals surface area contributed by atoms with Crippen LogP contribution in [-0.4, -0.2) is 18.4 Å². The Hall–Kier alpha value is -1.84. The molecule has 0 unspecified atom stereocenters. The van der Waals surface area contributed by atoms with Crippen LogP contribution in [0.1, 0.15) is 44.9 Å². The minimum absolute atomic E-state index is 0.118. The van der Waals surface area contributed by atoms with Gasteiger partial charge in [-0.25, -0.2) is 0 Å². The largest absolute Gasteiger partial charge is 0.326 e. The van der Waals surface area contributed by atoms with Crippen LogP contribution in [0.2, 0.25) is 0 Å². The zero-order valence-electron chi connectivity index (χ0n) is 13.5. The summed E-state index contributed by atoms with van der Waals surface area (Å²) in [5.41, 5.74) is 1.69. The lowest BCUT2D eigenvalue weighted by atomic mass is 9.86. The summed E-state index contributed by atoms with van der Waals surface area (Å²) in [6, 6.07) is 7.67. The van der Waals surface area contributed by atoms with E-state index in [1.807, 2.05) is 29.2 Å². The van der Waals surface area contributed by atoms with Crippen molar-refractivity contribution in [2.24, 2.45) is 17.8 Å². The van der Waals surface area contributed by atoms with Crippen LogP contribution in [0.5, 0.6) is 0 Å². The van der Waals surface area contributed by atoms with Crippen molar-refractivity contribution in [3.8, 4) is 0 Å². The van der Waals surface area contributed by atoms with Gasteiger partial charge in [-0.1, -0.05) is 12.5 Å². The molecule has 2 saturated carbocycles. The predicted molar refractivity (Wildman–Crippen MR) is 90.2 cm³/mol. The second-order valence-corrected chi connectivity index (χ2v) is 7.39. The molecule has 1 aliphatic heterocycles. The lowest BCUT2D eigenvalue weighted by molar-refractivity contribution is -0.118. The number of benzene rings is 1. The summed E-state index contributed by atoms with van der Waals surface area (Å²) >= 11 is 0. The van der Waals surface area contributed by atoms with Gasteiger partial charge in [0.05, 0.1) is 0 Å². The van der Waals surface area contributed by atoms with Gasteiger partial charge in [-0.05, 0) is 61.6 Å². The van der Waals surface area contributed by atoms with Crippen LogP contribution in [-0.2, 0) is 9.59 Å². The molecule has 122 valence electrons. The molecule has 0 radical (unpaired) electrons. The number of hydrogen-bond donors (Lipinski definition) is 1. The van der Waals surface area contributed by atoms with Crippen LogP contribution in [0.15, 0.2) is 24.3 Å². The molecule has 3 atom stereocenters. The average Bonchev–Trinajstić information content (AvgIpc) is 3.24. The number of carbonyl (C=O) groups excluding carboxylic acids is 2. The van der Waals surface area contributed by atoms with Crippen molar-refractivity contribution < 1.29 is 9.59 Å². The van der Waals surface area contributed by atoms with Crippen LogP contribution in [0, 0.1) is 17.8 Å². The van der Waals surface area contributed by atoms with E-state index in [0.29, 0.717) is 18.8 Å². The van der Waals surface area contributed by atoms with E-state index >= 15 is 0 Å². The Bertz CT molecular complexity index is 628. The highest BCUT2D eigenvalue weighted by Gasteiger charge is 2.40. The van der Waals surface area contributed by atoms with Crippen LogP contribution in [0.4, 0.5) is 11.4 Å². The van der Waals surface area contributed by atoms with Gasteiger partial charge in [-0.2, -0.15) is 0 Å². The van der Waals surface area contributed by atoms with Crippen molar-refractivity contribution in [2.45, 2.75) is 44.9 Å². The number of fused-ring (bicyclic) bond motifs is 2. The molecule has 4 rings (SSSR count). The Morgan fingerprint density at radius 1 is 1.26 bits per heavy atom. The minimum Gasteiger partial charge on any atom is -0.326 e. The number of amides is 2. The number of nitrogens with zero attached hydrogens (tertiary/aromatic N) is 1. The van der Waals surface area contributed by atoms with Gasteiger partial charge in [0.1, 0.15) is 0 Å². The number of carbonyl (C=O) groups is 2. The van der Waals surface area contributed by atoms with Gasteiger partial charge < -0.3 is 10.2 Å². The maximum absolute atomic E-state index is 12.4. The number of nitrogens with one attached hydrogen (secondary N) is 1. The Kier molecular flexibility index (Phi) is 3.83. The fourth-order valence-electron chi connectivity index (χ4n) is 4.75. The summed E-state index contributed by atoms with van der Waals surface area (Å²) in [6.45, 7) is 0.779. The van der Waals surface area contributed by atoms with Gasteiger partial charge in [-0.15, -0.1) is 0 Å². The second-order valence-electron chi connectivity index (χ2n) is 7.39. The first-order valence-corrected chi connectivity index (χ1v) is 8.89. The predicted octanol–water partition coefficient (Wildman–Crippen LogP) is 3.58. The molecule has 2 amide bonds. The Morgan fingerprint density at radius 2 is 2.17 bits per heavy atom. The van der Waals surface area contributed by atoms with Crippen LogP contribution < -0.4 is 10.2 Å². The highest BCUT2D eigenvalue weighted by molar-refractivity contribution is 5.97. The molecule has 4 heteroatoms. The van der Waals surface area contributed by atoms with Gasteiger partial charge in [-0.3, -0.25) is 9.59 Å². The lowest BCUT2D eigenvalue weighted by Gasteiger charge is -2.21.